The van der Waals surface area contributed by atoms with Gasteiger partial charge < -0.3 is 10.1 Å². The fourth-order valence-corrected chi connectivity index (χ4v) is 2.72. The number of hydrogen-bond donors (Lipinski definition) is 1. The molecule has 2 aromatic carbocycles. The minimum Gasteiger partial charge on any atom is -0.456 e. The van der Waals surface area contributed by atoms with Gasteiger partial charge in [0.15, 0.2) is 12.4 Å². The van der Waals surface area contributed by atoms with E-state index in [0.717, 1.165) is 18.4 Å². The van der Waals surface area contributed by atoms with E-state index in [1.807, 2.05) is 18.2 Å². The number of amides is 1. The van der Waals surface area contributed by atoms with Crippen molar-refractivity contribution in [1.82, 2.24) is 0 Å². The molecule has 0 aliphatic rings. The van der Waals surface area contributed by atoms with Crippen LogP contribution in [-0.2, 0) is 27.2 Å². The summed E-state index contributed by atoms with van der Waals surface area (Å²) in [4.78, 5) is 35.8. The lowest BCUT2D eigenvalue weighted by molar-refractivity contribution is -0.147. The van der Waals surface area contributed by atoms with Crippen LogP contribution >= 0.6 is 0 Å². The molecule has 6 heteroatoms. The third-order valence-electron chi connectivity index (χ3n) is 4.26. The Labute approximate surface area is 170 Å². The summed E-state index contributed by atoms with van der Waals surface area (Å²) < 4.78 is 4.93. The number of nitrogens with zero attached hydrogens (tertiary/aromatic N) is 1. The van der Waals surface area contributed by atoms with E-state index < -0.39 is 18.5 Å². The fraction of sp³-hybridized carbons (Fsp3) is 0.304. The van der Waals surface area contributed by atoms with Gasteiger partial charge >= 0.3 is 5.97 Å². The number of esters is 1. The van der Waals surface area contributed by atoms with E-state index >= 15 is 0 Å². The van der Waals surface area contributed by atoms with Gasteiger partial charge in [0.05, 0.1) is 18.9 Å². The lowest BCUT2D eigenvalue weighted by Crippen LogP contribution is -2.21. The minimum atomic E-state index is -0.597. The van der Waals surface area contributed by atoms with Crippen molar-refractivity contribution >= 4 is 23.3 Å². The van der Waals surface area contributed by atoms with E-state index in [-0.39, 0.29) is 18.6 Å². The molecule has 29 heavy (non-hydrogen) atoms. The molecule has 2 rings (SSSR count). The third-order valence-corrected chi connectivity index (χ3v) is 4.26. The van der Waals surface area contributed by atoms with Crippen LogP contribution in [0.2, 0.25) is 0 Å². The van der Waals surface area contributed by atoms with Crippen LogP contribution < -0.4 is 5.32 Å². The lowest BCUT2D eigenvalue weighted by Gasteiger charge is -2.07. The molecule has 1 amide bonds. The third kappa shape index (κ3) is 7.59. The molecule has 0 saturated heterocycles. The summed E-state index contributed by atoms with van der Waals surface area (Å²) in [6.45, 7) is 1.68. The smallest absolute Gasteiger partial charge is 0.306 e. The Kier molecular flexibility index (Phi) is 8.58. The van der Waals surface area contributed by atoms with Gasteiger partial charge in [0, 0.05) is 17.7 Å². The molecule has 2 aromatic rings. The average molecular weight is 392 g/mol. The first kappa shape index (κ1) is 21.8. The molecule has 1 N–H and O–H groups in total. The second-order valence-corrected chi connectivity index (χ2v) is 6.61. The molecule has 0 fully saturated rings. The van der Waals surface area contributed by atoms with E-state index in [2.05, 4.69) is 12.2 Å². The Morgan fingerprint density at radius 1 is 0.966 bits per heavy atom. The second-order valence-electron chi connectivity index (χ2n) is 6.61. The van der Waals surface area contributed by atoms with Gasteiger partial charge in [0.2, 0.25) is 0 Å². The van der Waals surface area contributed by atoms with Crippen LogP contribution in [0.1, 0.15) is 47.7 Å². The van der Waals surface area contributed by atoms with Crippen LogP contribution in [0.5, 0.6) is 0 Å². The van der Waals surface area contributed by atoms with E-state index in [1.165, 1.54) is 5.56 Å². The number of nitrogens with one attached hydrogen (secondary N) is 1. The van der Waals surface area contributed by atoms with Crippen LogP contribution in [0, 0.1) is 11.3 Å². The number of benzene rings is 2. The fourth-order valence-electron chi connectivity index (χ4n) is 2.72. The van der Waals surface area contributed by atoms with Crippen LogP contribution in [0.15, 0.2) is 48.5 Å². The number of hydrogen-bond acceptors (Lipinski definition) is 5. The van der Waals surface area contributed by atoms with Crippen LogP contribution in [0.25, 0.3) is 0 Å². The highest BCUT2D eigenvalue weighted by molar-refractivity contribution is 5.98. The van der Waals surface area contributed by atoms with Gasteiger partial charge in [-0.15, -0.1) is 0 Å². The Hall–Kier alpha value is -3.46. The van der Waals surface area contributed by atoms with Crippen LogP contribution in [0.3, 0.4) is 0 Å². The average Bonchev–Trinajstić information content (AvgIpc) is 2.73. The molecule has 0 bridgehead atoms. The zero-order valence-electron chi connectivity index (χ0n) is 16.4. The molecule has 0 unspecified atom stereocenters. The molecule has 0 aromatic heterocycles. The molecule has 0 aliphatic carbocycles. The maximum absolute atomic E-state index is 12.2. The maximum Gasteiger partial charge on any atom is 0.306 e. The summed E-state index contributed by atoms with van der Waals surface area (Å²) in [5, 5.41) is 11.2. The number of nitriles is 1. The number of ketones is 1. The predicted molar refractivity (Wildman–Crippen MR) is 109 cm³/mol. The first-order valence-corrected chi connectivity index (χ1v) is 9.55. The Morgan fingerprint density at radius 3 is 2.24 bits per heavy atom. The summed E-state index contributed by atoms with van der Waals surface area (Å²) in [5.74, 6) is -1.20. The van der Waals surface area contributed by atoms with Gasteiger partial charge in [-0.3, -0.25) is 14.4 Å². The Balaban J connectivity index is 1.71. The number of ether oxygens (including phenoxy) is 1. The maximum atomic E-state index is 12.2. The highest BCUT2D eigenvalue weighted by atomic mass is 16.5. The van der Waals surface area contributed by atoms with Crippen molar-refractivity contribution in [2.75, 3.05) is 11.9 Å². The molecule has 0 heterocycles. The van der Waals surface area contributed by atoms with E-state index in [4.69, 9.17) is 10.00 Å². The van der Waals surface area contributed by atoms with Gasteiger partial charge in [-0.05, 0) is 29.7 Å². The van der Waals surface area contributed by atoms with Crippen molar-refractivity contribution in [3.63, 3.8) is 0 Å². The van der Waals surface area contributed by atoms with Gasteiger partial charge in [-0.25, -0.2) is 0 Å². The molecular weight excluding hydrogens is 368 g/mol. The molecule has 0 atom stereocenters. The van der Waals surface area contributed by atoms with E-state index in [9.17, 15) is 14.4 Å². The molecule has 0 spiro atoms. The van der Waals surface area contributed by atoms with Crippen molar-refractivity contribution in [2.24, 2.45) is 0 Å². The Bertz CT molecular complexity index is 881. The minimum absolute atomic E-state index is 0.0356. The summed E-state index contributed by atoms with van der Waals surface area (Å²) >= 11 is 0. The normalized spacial score (nSPS) is 10.1. The van der Waals surface area contributed by atoms with Crippen LogP contribution in [0.4, 0.5) is 5.69 Å². The molecule has 6 nitrogen and oxygen atoms in total. The van der Waals surface area contributed by atoms with Crippen molar-refractivity contribution < 1.29 is 19.1 Å². The Morgan fingerprint density at radius 2 is 1.62 bits per heavy atom. The largest absolute Gasteiger partial charge is 0.456 e. The van der Waals surface area contributed by atoms with Gasteiger partial charge in [-0.2, -0.15) is 5.26 Å². The summed E-state index contributed by atoms with van der Waals surface area (Å²) in [6, 6.07) is 16.3. The van der Waals surface area contributed by atoms with E-state index in [1.54, 1.807) is 36.4 Å². The monoisotopic (exact) mass is 392 g/mol. The van der Waals surface area contributed by atoms with Crippen molar-refractivity contribution in [1.29, 1.82) is 5.26 Å². The molecule has 0 aliphatic heterocycles. The number of aryl methyl sites for hydroxylation is 1. The molecular formula is C23H24N2O4. The lowest BCUT2D eigenvalue weighted by atomic mass is 10.0. The van der Waals surface area contributed by atoms with Crippen LogP contribution in [-0.4, -0.2) is 24.3 Å². The van der Waals surface area contributed by atoms with Crippen molar-refractivity contribution in [2.45, 2.75) is 39.0 Å². The topological polar surface area (TPSA) is 96.3 Å². The van der Waals surface area contributed by atoms with E-state index in [0.29, 0.717) is 17.7 Å². The molecule has 150 valence electrons. The predicted octanol–water partition coefficient (Wildman–Crippen LogP) is 3.85. The standard InChI is InChI=1S/C23H24N2O4/c1-2-3-17-4-8-19(9-5-17)21(26)12-13-23(28)29-16-22(27)25-20-10-6-18(7-11-20)14-15-24/h4-11H,2-3,12-14,16H2,1H3,(H,25,27). The van der Waals surface area contributed by atoms with Crippen molar-refractivity contribution in [3.8, 4) is 6.07 Å². The number of carbonyl (C=O) groups excluding carboxylic acids is 3. The first-order chi connectivity index (χ1) is 14.0. The zero-order valence-corrected chi connectivity index (χ0v) is 16.4. The summed E-state index contributed by atoms with van der Waals surface area (Å²) in [5.41, 5.74) is 3.14. The number of anilines is 1. The number of Topliss-reactive ketones (excluding diaryl/α,β-unsaturated/α-hetero) is 1. The SMILES string of the molecule is CCCc1ccc(C(=O)CCC(=O)OCC(=O)Nc2ccc(CC#N)cc2)cc1. The van der Waals surface area contributed by atoms with Gasteiger partial charge in [0.25, 0.3) is 5.91 Å². The first-order valence-electron chi connectivity index (χ1n) is 9.55. The number of rotatable bonds is 10. The summed E-state index contributed by atoms with van der Waals surface area (Å²) in [6.07, 6.45) is 2.26. The highest BCUT2D eigenvalue weighted by Crippen LogP contribution is 2.11. The second kappa shape index (κ2) is 11.4. The number of carbonyl (C=O) groups is 3. The quantitative estimate of drug-likeness (QED) is 0.489. The highest BCUT2D eigenvalue weighted by Gasteiger charge is 2.12. The zero-order chi connectivity index (χ0) is 21.1. The summed E-state index contributed by atoms with van der Waals surface area (Å²) in [7, 11) is 0. The molecule has 0 radical (unpaired) electrons. The van der Waals surface area contributed by atoms with Crippen molar-refractivity contribution in [3.05, 3.63) is 65.2 Å². The molecule has 0 saturated carbocycles. The van der Waals surface area contributed by atoms with Gasteiger partial charge in [0.1, 0.15) is 0 Å². The van der Waals surface area contributed by atoms with Gasteiger partial charge in [-0.1, -0.05) is 49.7 Å².